The zero-order valence-corrected chi connectivity index (χ0v) is 13.6. The minimum atomic E-state index is -0.519. The second-order valence-corrected chi connectivity index (χ2v) is 8.54. The summed E-state index contributed by atoms with van der Waals surface area (Å²) in [6.45, 7) is 6.54. The number of rotatable bonds is 2. The van der Waals surface area contributed by atoms with Crippen molar-refractivity contribution in [3.63, 3.8) is 0 Å². The van der Waals surface area contributed by atoms with Crippen molar-refractivity contribution in [1.82, 2.24) is 0 Å². The molecule has 1 fully saturated rings. The molecule has 1 N–H and O–H groups in total. The van der Waals surface area contributed by atoms with Crippen molar-refractivity contribution < 1.29 is 9.52 Å². The standard InChI is InChI=1S/C16H20O2S2/c1-9-5-4-6-12-7-13(18-16(9)12)15(17)14-8-19-10(2)11(3)20-14/h4-7,10-11,14-15,17H,8H2,1-3H3. The SMILES string of the molecule is Cc1cccc2cc(C(O)C3CSC(C)C(C)S3)oc12. The maximum atomic E-state index is 10.6. The molecular weight excluding hydrogens is 288 g/mol. The van der Waals surface area contributed by atoms with E-state index < -0.39 is 6.10 Å². The summed E-state index contributed by atoms with van der Waals surface area (Å²) in [5, 5.41) is 13.1. The molecule has 1 aromatic carbocycles. The Morgan fingerprint density at radius 1 is 1.30 bits per heavy atom. The van der Waals surface area contributed by atoms with Crippen LogP contribution < -0.4 is 0 Å². The lowest BCUT2D eigenvalue weighted by molar-refractivity contribution is 0.154. The van der Waals surface area contributed by atoms with Gasteiger partial charge in [-0.15, -0.1) is 0 Å². The van der Waals surface area contributed by atoms with E-state index in [0.717, 1.165) is 22.3 Å². The average molecular weight is 308 g/mol. The van der Waals surface area contributed by atoms with E-state index in [1.165, 1.54) is 0 Å². The van der Waals surface area contributed by atoms with Crippen molar-refractivity contribution in [3.8, 4) is 0 Å². The molecule has 108 valence electrons. The Morgan fingerprint density at radius 2 is 2.10 bits per heavy atom. The predicted molar refractivity (Wildman–Crippen MR) is 88.7 cm³/mol. The van der Waals surface area contributed by atoms with Gasteiger partial charge in [-0.25, -0.2) is 0 Å². The molecule has 4 unspecified atom stereocenters. The molecule has 1 aromatic heterocycles. The molecule has 0 bridgehead atoms. The van der Waals surface area contributed by atoms with Gasteiger partial charge in [0, 0.05) is 26.9 Å². The van der Waals surface area contributed by atoms with Crippen molar-refractivity contribution in [2.45, 2.75) is 42.6 Å². The van der Waals surface area contributed by atoms with Crippen molar-refractivity contribution in [1.29, 1.82) is 0 Å². The maximum Gasteiger partial charge on any atom is 0.137 e. The zero-order valence-electron chi connectivity index (χ0n) is 12.0. The third kappa shape index (κ3) is 2.61. The number of aryl methyl sites for hydroxylation is 1. The van der Waals surface area contributed by atoms with Crippen molar-refractivity contribution in [3.05, 3.63) is 35.6 Å². The summed E-state index contributed by atoms with van der Waals surface area (Å²) in [4.78, 5) is 0. The Bertz CT molecular complexity index is 608. The molecule has 0 amide bonds. The Morgan fingerprint density at radius 3 is 2.80 bits per heavy atom. The largest absolute Gasteiger partial charge is 0.458 e. The van der Waals surface area contributed by atoms with Gasteiger partial charge in [0.15, 0.2) is 0 Å². The van der Waals surface area contributed by atoms with Gasteiger partial charge >= 0.3 is 0 Å². The number of para-hydroxylation sites is 1. The molecule has 2 nitrogen and oxygen atoms in total. The van der Waals surface area contributed by atoms with Gasteiger partial charge in [0.1, 0.15) is 17.4 Å². The number of furan rings is 1. The van der Waals surface area contributed by atoms with Crippen LogP contribution in [0, 0.1) is 6.92 Å². The second-order valence-electron chi connectivity index (χ2n) is 5.50. The number of hydrogen-bond donors (Lipinski definition) is 1. The Kier molecular flexibility index (Phi) is 4.07. The molecule has 0 radical (unpaired) electrons. The van der Waals surface area contributed by atoms with Crippen LogP contribution >= 0.6 is 23.5 Å². The summed E-state index contributed by atoms with van der Waals surface area (Å²) >= 11 is 3.83. The first-order valence-electron chi connectivity index (χ1n) is 7.00. The first-order chi connectivity index (χ1) is 9.56. The summed E-state index contributed by atoms with van der Waals surface area (Å²) in [5.74, 6) is 1.68. The van der Waals surface area contributed by atoms with Gasteiger partial charge in [-0.1, -0.05) is 32.0 Å². The van der Waals surface area contributed by atoms with Gasteiger partial charge in [0.2, 0.25) is 0 Å². The molecular formula is C16H20O2S2. The second kappa shape index (κ2) is 5.66. The van der Waals surface area contributed by atoms with E-state index in [1.807, 2.05) is 54.7 Å². The quantitative estimate of drug-likeness (QED) is 0.891. The first kappa shape index (κ1) is 14.4. The number of fused-ring (bicyclic) bond motifs is 1. The number of aliphatic hydroxyl groups is 1. The Hall–Kier alpha value is -0.580. The fraction of sp³-hybridized carbons (Fsp3) is 0.500. The van der Waals surface area contributed by atoms with Gasteiger partial charge in [-0.05, 0) is 18.6 Å². The van der Waals surface area contributed by atoms with Crippen LogP contribution in [0.2, 0.25) is 0 Å². The van der Waals surface area contributed by atoms with E-state index in [-0.39, 0.29) is 5.25 Å². The molecule has 3 rings (SSSR count). The molecule has 1 aliphatic heterocycles. The van der Waals surface area contributed by atoms with Gasteiger partial charge < -0.3 is 9.52 Å². The third-order valence-electron chi connectivity index (χ3n) is 3.98. The molecule has 20 heavy (non-hydrogen) atoms. The van der Waals surface area contributed by atoms with E-state index in [1.54, 1.807) is 0 Å². The van der Waals surface area contributed by atoms with Crippen molar-refractivity contribution in [2.24, 2.45) is 0 Å². The van der Waals surface area contributed by atoms with Crippen LogP contribution in [0.3, 0.4) is 0 Å². The van der Waals surface area contributed by atoms with Crippen LogP contribution in [0.15, 0.2) is 28.7 Å². The van der Waals surface area contributed by atoms with Crippen LogP contribution in [-0.4, -0.2) is 26.6 Å². The van der Waals surface area contributed by atoms with Crippen molar-refractivity contribution in [2.75, 3.05) is 5.75 Å². The lowest BCUT2D eigenvalue weighted by Crippen LogP contribution is -2.30. The summed E-state index contributed by atoms with van der Waals surface area (Å²) in [6.07, 6.45) is -0.519. The molecule has 4 atom stereocenters. The topological polar surface area (TPSA) is 33.4 Å². The molecule has 1 aliphatic rings. The minimum Gasteiger partial charge on any atom is -0.458 e. The fourth-order valence-electron chi connectivity index (χ4n) is 2.53. The normalized spacial score (nSPS) is 28.7. The highest BCUT2D eigenvalue weighted by Crippen LogP contribution is 2.42. The molecule has 0 saturated carbocycles. The molecule has 1 saturated heterocycles. The summed E-state index contributed by atoms with van der Waals surface area (Å²) in [6, 6.07) is 8.09. The highest BCUT2D eigenvalue weighted by molar-refractivity contribution is 8.07. The first-order valence-corrected chi connectivity index (χ1v) is 8.99. The number of thioether (sulfide) groups is 2. The van der Waals surface area contributed by atoms with E-state index in [4.69, 9.17) is 4.42 Å². The van der Waals surface area contributed by atoms with Crippen LogP contribution in [0.5, 0.6) is 0 Å². The van der Waals surface area contributed by atoms with Crippen LogP contribution in [-0.2, 0) is 0 Å². The van der Waals surface area contributed by atoms with Gasteiger partial charge in [0.25, 0.3) is 0 Å². The molecule has 0 aliphatic carbocycles. The predicted octanol–water partition coefficient (Wildman–Crippen LogP) is 4.40. The van der Waals surface area contributed by atoms with Gasteiger partial charge in [-0.2, -0.15) is 23.5 Å². The lowest BCUT2D eigenvalue weighted by Gasteiger charge is -2.33. The molecule has 2 heterocycles. The minimum absolute atomic E-state index is 0.215. The Balaban J connectivity index is 1.85. The number of hydrogen-bond acceptors (Lipinski definition) is 4. The molecule has 2 aromatic rings. The van der Waals surface area contributed by atoms with Crippen molar-refractivity contribution >= 4 is 34.5 Å². The molecule has 0 spiro atoms. The maximum absolute atomic E-state index is 10.6. The highest BCUT2D eigenvalue weighted by atomic mass is 32.2. The smallest absolute Gasteiger partial charge is 0.137 e. The lowest BCUT2D eigenvalue weighted by atomic mass is 10.1. The van der Waals surface area contributed by atoms with E-state index in [2.05, 4.69) is 13.8 Å². The number of aliphatic hydroxyl groups excluding tert-OH is 1. The van der Waals surface area contributed by atoms with E-state index >= 15 is 0 Å². The number of benzene rings is 1. The van der Waals surface area contributed by atoms with Crippen LogP contribution in [0.1, 0.15) is 31.3 Å². The summed E-state index contributed by atoms with van der Waals surface area (Å²) in [5.41, 5.74) is 2.02. The van der Waals surface area contributed by atoms with Gasteiger partial charge in [-0.3, -0.25) is 0 Å². The summed E-state index contributed by atoms with van der Waals surface area (Å²) in [7, 11) is 0. The molecule has 4 heteroatoms. The summed E-state index contributed by atoms with van der Waals surface area (Å²) < 4.78 is 5.90. The Labute approximate surface area is 128 Å². The van der Waals surface area contributed by atoms with E-state index in [9.17, 15) is 5.11 Å². The van der Waals surface area contributed by atoms with E-state index in [0.29, 0.717) is 16.3 Å². The van der Waals surface area contributed by atoms with Crippen LogP contribution in [0.4, 0.5) is 0 Å². The average Bonchev–Trinajstić information content (AvgIpc) is 2.86. The third-order valence-corrected chi connectivity index (χ3v) is 7.46. The zero-order chi connectivity index (χ0) is 14.3. The van der Waals surface area contributed by atoms with Crippen LogP contribution in [0.25, 0.3) is 11.0 Å². The monoisotopic (exact) mass is 308 g/mol. The highest BCUT2D eigenvalue weighted by Gasteiger charge is 2.32. The fourth-order valence-corrected chi connectivity index (χ4v) is 5.51. The van der Waals surface area contributed by atoms with Gasteiger partial charge in [0.05, 0.1) is 0 Å².